The van der Waals surface area contributed by atoms with E-state index in [2.05, 4.69) is 101 Å². The number of carbonyl (C=O) groups excluding carboxylic acids is 3. The van der Waals surface area contributed by atoms with Gasteiger partial charge in [-0.05, 0) is 189 Å². The van der Waals surface area contributed by atoms with E-state index in [1.165, 1.54) is 36.5 Å². The van der Waals surface area contributed by atoms with Crippen LogP contribution < -0.4 is 5.32 Å². The molecule has 2 aromatic heterocycles. The highest BCUT2D eigenvalue weighted by molar-refractivity contribution is 5.94. The summed E-state index contributed by atoms with van der Waals surface area (Å²) in [6.45, 7) is 24.6. The fourth-order valence-electron chi connectivity index (χ4n) is 11.2. The number of halogens is 1. The molecule has 0 unspecified atom stereocenters. The van der Waals surface area contributed by atoms with E-state index in [1.54, 1.807) is 12.1 Å². The van der Waals surface area contributed by atoms with Gasteiger partial charge in [0.25, 0.3) is 5.91 Å². The molecule has 8 aromatic rings. The number of nitrogens with zero attached hydrogens (tertiary/aromatic N) is 7. The Balaban J connectivity index is 0.000000196. The molecule has 2 aliphatic rings. The molecule has 0 saturated heterocycles. The van der Waals surface area contributed by atoms with Crippen LogP contribution in [0.15, 0.2) is 97.1 Å². The van der Waals surface area contributed by atoms with Crippen molar-refractivity contribution in [1.82, 2.24) is 40.2 Å². The predicted octanol–water partition coefficient (Wildman–Crippen LogP) is 11.4. The second-order valence-corrected chi connectivity index (χ2v) is 21.0. The first-order valence-corrected chi connectivity index (χ1v) is 27.6. The number of carboxylic acids is 1. The first-order chi connectivity index (χ1) is 39.3. The third-order valence-electron chi connectivity index (χ3n) is 16.3. The fraction of sp³-hybridized carbons (Fsp3) is 0.385. The Kier molecular flexibility index (Phi) is 19.6. The minimum Gasteiger partial charge on any atom is -0.478 e. The van der Waals surface area contributed by atoms with Crippen molar-refractivity contribution in [3.8, 4) is 0 Å². The standard InChI is InChI=1S/C32H36N4O3.C23H28N4O2.C9H10O2.CH3F/c1-7-36-28-13-12-27(21(4)30(28)33-34-36)29(22(5)32(38)39-6)24-11-10-23-14-15-35(18-26(23)17-24)31(37)25-9-8-19(2)20(3)16-25;1-5-27-20-9-8-19(14(2)22(20)25-26-27)21(15(3)23(28)29-4)17-7-6-16-10-11-24-13-18(16)12-17;1-6-3-4-8(9(10)11)5-7(6)2;1-2/h8-13,16-17,22,29H,7,14-15,18H2,1-6H3;6-9,12,15,21,24H,5,10-11,13H2,1-4H3;3-5H,1-2H3,(H,10,11);1H3/t22-,29-;15-,21-;;/m00../s1/i;;;1D. The van der Waals surface area contributed by atoms with Crippen LogP contribution in [0.4, 0.5) is 4.39 Å². The molecule has 10 rings (SSSR count). The molecule has 0 spiro atoms. The number of methoxy groups -OCH3 is 2. The van der Waals surface area contributed by atoms with Crippen LogP contribution in [0.3, 0.4) is 0 Å². The largest absolute Gasteiger partial charge is 0.478 e. The van der Waals surface area contributed by atoms with E-state index in [0.29, 0.717) is 18.7 Å². The Morgan fingerprint density at radius 2 is 1.10 bits per heavy atom. The van der Waals surface area contributed by atoms with E-state index in [4.69, 9.17) is 16.0 Å². The molecule has 0 bridgehead atoms. The molecule has 16 heteroatoms. The van der Waals surface area contributed by atoms with Crippen molar-refractivity contribution in [3.63, 3.8) is 0 Å². The number of nitrogens with one attached hydrogen (secondary N) is 1. The second-order valence-electron chi connectivity index (χ2n) is 21.0. The Bertz CT molecular complexity index is 3610. The molecular formula is C65H77FN8O7. The molecule has 15 nitrogen and oxygen atoms in total. The highest BCUT2D eigenvalue weighted by atomic mass is 19.1. The van der Waals surface area contributed by atoms with Gasteiger partial charge in [-0.25, -0.2) is 14.2 Å². The molecular weight excluding hydrogens is 1020 g/mol. The highest BCUT2D eigenvalue weighted by Crippen LogP contribution is 2.40. The third kappa shape index (κ3) is 13.1. The molecule has 2 N–H and O–H groups in total. The van der Waals surface area contributed by atoms with Gasteiger partial charge in [-0.1, -0.05) is 84.9 Å². The summed E-state index contributed by atoms with van der Waals surface area (Å²) in [7, 11) is 1.89. The highest BCUT2D eigenvalue weighted by Gasteiger charge is 2.33. The number of hydrogen-bond donors (Lipinski definition) is 2. The lowest BCUT2D eigenvalue weighted by Crippen LogP contribution is -2.36. The SMILES string of the molecule is CCn1nnc2c(C)c([C@H](c3ccc4c(c3)CN(C(=O)c3ccc(C)c(C)c3)CC4)[C@H](C)C(=O)OC)ccc21.CCn1nnc2c(C)c([C@H](c3ccc4c(c3)CNCC4)[C@H](C)C(=O)OC)ccc21.Cc1ccc(C(=O)O)cc1C.[2H]CF. The van der Waals surface area contributed by atoms with Crippen LogP contribution in [0.2, 0.25) is 0 Å². The normalized spacial score (nSPS) is 14.2. The number of ether oxygens (including phenoxy) is 2. The molecule has 0 saturated carbocycles. The third-order valence-corrected chi connectivity index (χ3v) is 16.3. The lowest BCUT2D eigenvalue weighted by atomic mass is 9.78. The number of carboxylic acid groups (broad SMARTS) is 1. The molecule has 0 radical (unpaired) electrons. The fourth-order valence-corrected chi connectivity index (χ4v) is 11.2. The number of aromatic carboxylic acids is 1. The summed E-state index contributed by atoms with van der Waals surface area (Å²) in [5, 5.41) is 29.5. The zero-order chi connectivity index (χ0) is 59.5. The lowest BCUT2D eigenvalue weighted by Gasteiger charge is -2.31. The number of amides is 1. The number of benzene rings is 6. The summed E-state index contributed by atoms with van der Waals surface area (Å²) >= 11 is 0. The molecule has 4 heterocycles. The summed E-state index contributed by atoms with van der Waals surface area (Å²) in [6.07, 6.45) is 1.84. The molecule has 426 valence electrons. The van der Waals surface area contributed by atoms with Gasteiger partial charge in [0, 0.05) is 50.1 Å². The molecule has 81 heavy (non-hydrogen) atoms. The predicted molar refractivity (Wildman–Crippen MR) is 314 cm³/mol. The molecule has 2 aliphatic heterocycles. The lowest BCUT2D eigenvalue weighted by molar-refractivity contribution is -0.146. The summed E-state index contributed by atoms with van der Waals surface area (Å²) < 4.78 is 29.6. The maximum absolute atomic E-state index is 13.4. The monoisotopic (exact) mass is 1100 g/mol. The first kappa shape index (κ1) is 59.0. The van der Waals surface area contributed by atoms with Crippen molar-refractivity contribution in [1.29, 1.82) is 0 Å². The van der Waals surface area contributed by atoms with Gasteiger partial charge in [0.05, 0.1) is 51.2 Å². The Hall–Kier alpha value is -8.11. The van der Waals surface area contributed by atoms with Crippen LogP contribution in [0.1, 0.15) is 140 Å². The van der Waals surface area contributed by atoms with Gasteiger partial charge in [-0.3, -0.25) is 18.8 Å². The van der Waals surface area contributed by atoms with Gasteiger partial charge < -0.3 is 24.8 Å². The van der Waals surface area contributed by atoms with Crippen LogP contribution in [-0.4, -0.2) is 98.3 Å². The number of fused-ring (bicyclic) bond motifs is 4. The average Bonchev–Trinajstić information content (AvgIpc) is 4.12. The van der Waals surface area contributed by atoms with Gasteiger partial charge in [0.15, 0.2) is 0 Å². The Labute approximate surface area is 476 Å². The minimum atomic E-state index is -1.00. The van der Waals surface area contributed by atoms with Gasteiger partial charge >= 0.3 is 17.9 Å². The number of rotatable bonds is 12. The summed E-state index contributed by atoms with van der Waals surface area (Å²) in [6, 6.07) is 32.4. The minimum absolute atomic E-state index is 0.0499. The van der Waals surface area contributed by atoms with Crippen molar-refractivity contribution < 1.29 is 39.5 Å². The molecule has 0 aliphatic carbocycles. The number of aromatic nitrogens is 6. The number of alkyl halides is 1. The average molecular weight is 1100 g/mol. The van der Waals surface area contributed by atoms with Crippen molar-refractivity contribution in [2.24, 2.45) is 11.8 Å². The van der Waals surface area contributed by atoms with E-state index in [-0.39, 0.29) is 35.6 Å². The number of esters is 2. The van der Waals surface area contributed by atoms with E-state index in [1.807, 2.05) is 93.1 Å². The van der Waals surface area contributed by atoms with Crippen LogP contribution in [0, 0.1) is 53.4 Å². The Morgan fingerprint density at radius 1 is 0.630 bits per heavy atom. The van der Waals surface area contributed by atoms with Gasteiger partial charge in [0.2, 0.25) is 0 Å². The van der Waals surface area contributed by atoms with Crippen molar-refractivity contribution >= 4 is 45.9 Å². The first-order valence-electron chi connectivity index (χ1n) is 28.3. The molecule has 0 fully saturated rings. The molecule has 6 aromatic carbocycles. The quantitative estimate of drug-likeness (QED) is 0.111. The van der Waals surface area contributed by atoms with Gasteiger partial charge in [-0.2, -0.15) is 0 Å². The van der Waals surface area contributed by atoms with E-state index in [9.17, 15) is 23.6 Å². The smallest absolute Gasteiger partial charge is 0.335 e. The zero-order valence-corrected chi connectivity index (χ0v) is 48.8. The summed E-state index contributed by atoms with van der Waals surface area (Å²) in [5.41, 5.74) is 20.7. The molecule has 4 atom stereocenters. The van der Waals surface area contributed by atoms with E-state index < -0.39 is 19.0 Å². The van der Waals surface area contributed by atoms with Crippen LogP contribution in [0.25, 0.3) is 22.1 Å². The van der Waals surface area contributed by atoms with Crippen LogP contribution in [-0.2, 0) is 58.1 Å². The number of aryl methyl sites for hydroxylation is 8. The van der Waals surface area contributed by atoms with Gasteiger partial charge in [-0.15, -0.1) is 10.2 Å². The van der Waals surface area contributed by atoms with E-state index in [0.717, 1.165) is 122 Å². The van der Waals surface area contributed by atoms with Gasteiger partial charge in [0.1, 0.15) is 11.0 Å². The number of carbonyl (C=O) groups is 4. The second kappa shape index (κ2) is 26.9. The topological polar surface area (TPSA) is 184 Å². The van der Waals surface area contributed by atoms with Crippen molar-refractivity contribution in [2.45, 2.75) is 120 Å². The maximum atomic E-state index is 13.4. The molecule has 1 amide bonds. The van der Waals surface area contributed by atoms with Crippen molar-refractivity contribution in [2.75, 3.05) is 34.5 Å². The maximum Gasteiger partial charge on any atom is 0.335 e. The van der Waals surface area contributed by atoms with Crippen LogP contribution >= 0.6 is 0 Å². The van der Waals surface area contributed by atoms with Crippen molar-refractivity contribution in [3.05, 3.63) is 186 Å². The zero-order valence-electron chi connectivity index (χ0n) is 49.8. The summed E-state index contributed by atoms with van der Waals surface area (Å²) in [4.78, 5) is 51.2. The summed E-state index contributed by atoms with van der Waals surface area (Å²) in [5.74, 6) is -2.35. The number of hydrogen-bond acceptors (Lipinski definition) is 11. The Morgan fingerprint density at radius 3 is 1.57 bits per heavy atom. The van der Waals surface area contributed by atoms with Crippen LogP contribution in [0.5, 0.6) is 0 Å². The van der Waals surface area contributed by atoms with E-state index >= 15 is 0 Å².